The summed E-state index contributed by atoms with van der Waals surface area (Å²) in [7, 11) is 1.64. The third-order valence-corrected chi connectivity index (χ3v) is 4.44. The van der Waals surface area contributed by atoms with Crippen molar-refractivity contribution in [2.24, 2.45) is 5.41 Å². The first-order valence-electron chi connectivity index (χ1n) is 4.83. The Morgan fingerprint density at radius 2 is 1.93 bits per heavy atom. The van der Waals surface area contributed by atoms with E-state index in [2.05, 4.69) is 36.7 Å². The monoisotopic (exact) mass is 290 g/mol. The van der Waals surface area contributed by atoms with Crippen LogP contribution < -0.4 is 4.74 Å². The highest BCUT2D eigenvalue weighted by atomic mass is 79.9. The number of alkyl halides is 1. The van der Waals surface area contributed by atoms with Gasteiger partial charge in [-0.3, -0.25) is 0 Å². The molecule has 1 unspecified atom stereocenters. The summed E-state index contributed by atoms with van der Waals surface area (Å²) in [6.07, 6.45) is 0. The number of rotatable bonds is 2. The molecule has 0 saturated heterocycles. The van der Waals surface area contributed by atoms with Gasteiger partial charge in [-0.1, -0.05) is 54.4 Å². The largest absolute Gasteiger partial charge is 0.497 e. The zero-order chi connectivity index (χ0) is 11.6. The van der Waals surface area contributed by atoms with E-state index in [9.17, 15) is 0 Å². The molecule has 0 fully saturated rings. The Morgan fingerprint density at radius 3 is 2.33 bits per heavy atom. The molecule has 1 aromatic rings. The van der Waals surface area contributed by atoms with E-state index in [0.717, 1.165) is 16.3 Å². The van der Waals surface area contributed by atoms with E-state index in [1.165, 1.54) is 0 Å². The van der Waals surface area contributed by atoms with Gasteiger partial charge in [-0.25, -0.2) is 0 Å². The molecule has 1 atom stereocenters. The third-order valence-electron chi connectivity index (χ3n) is 2.24. The fourth-order valence-electron chi connectivity index (χ4n) is 1.31. The van der Waals surface area contributed by atoms with Crippen molar-refractivity contribution >= 4 is 27.5 Å². The Morgan fingerprint density at radius 1 is 1.33 bits per heavy atom. The minimum atomic E-state index is 0.137. The lowest BCUT2D eigenvalue weighted by molar-refractivity contribution is 0.403. The van der Waals surface area contributed by atoms with Crippen LogP contribution in [0.15, 0.2) is 18.2 Å². The fourth-order valence-corrected chi connectivity index (χ4v) is 2.12. The van der Waals surface area contributed by atoms with Crippen molar-refractivity contribution in [3.8, 4) is 5.75 Å². The minimum absolute atomic E-state index is 0.137. The zero-order valence-electron chi connectivity index (χ0n) is 9.47. The molecular weight excluding hydrogens is 275 g/mol. The van der Waals surface area contributed by atoms with E-state index in [1.807, 2.05) is 18.2 Å². The number of halogens is 2. The first kappa shape index (κ1) is 12.9. The molecule has 0 aliphatic rings. The summed E-state index contributed by atoms with van der Waals surface area (Å²) in [5, 5.41) is 0.742. The lowest BCUT2D eigenvalue weighted by Crippen LogP contribution is -2.13. The molecule has 0 bridgehead atoms. The highest BCUT2D eigenvalue weighted by molar-refractivity contribution is 9.09. The summed E-state index contributed by atoms with van der Waals surface area (Å²) < 4.78 is 5.12. The van der Waals surface area contributed by atoms with Crippen molar-refractivity contribution in [3.05, 3.63) is 28.8 Å². The van der Waals surface area contributed by atoms with Crippen LogP contribution >= 0.6 is 27.5 Å². The molecule has 3 heteroatoms. The maximum Gasteiger partial charge on any atom is 0.120 e. The number of methoxy groups -OCH3 is 1. The highest BCUT2D eigenvalue weighted by Crippen LogP contribution is 2.43. The second-order valence-electron chi connectivity index (χ2n) is 4.62. The van der Waals surface area contributed by atoms with Gasteiger partial charge >= 0.3 is 0 Å². The number of hydrogen-bond acceptors (Lipinski definition) is 1. The molecule has 0 spiro atoms. The predicted octanol–water partition coefficient (Wildman–Crippen LogP) is 4.83. The van der Waals surface area contributed by atoms with Gasteiger partial charge in [0.1, 0.15) is 5.75 Å². The molecule has 0 aromatic heterocycles. The van der Waals surface area contributed by atoms with Crippen molar-refractivity contribution in [1.82, 2.24) is 0 Å². The Kier molecular flexibility index (Phi) is 4.07. The molecule has 1 aromatic carbocycles. The second kappa shape index (κ2) is 4.75. The van der Waals surface area contributed by atoms with Crippen LogP contribution in [0.4, 0.5) is 0 Å². The van der Waals surface area contributed by atoms with Crippen molar-refractivity contribution in [1.29, 1.82) is 0 Å². The van der Waals surface area contributed by atoms with Crippen molar-refractivity contribution in [2.75, 3.05) is 7.11 Å². The Labute approximate surface area is 105 Å². The van der Waals surface area contributed by atoms with Crippen LogP contribution in [0.1, 0.15) is 31.2 Å². The Balaban J connectivity index is 3.06. The first-order chi connectivity index (χ1) is 6.86. The lowest BCUT2D eigenvalue weighted by Gasteiger charge is -2.26. The molecule has 84 valence electrons. The van der Waals surface area contributed by atoms with Gasteiger partial charge in [-0.2, -0.15) is 0 Å². The minimum Gasteiger partial charge on any atom is -0.497 e. The summed E-state index contributed by atoms with van der Waals surface area (Å²) in [5.74, 6) is 0.789. The molecule has 0 heterocycles. The van der Waals surface area contributed by atoms with Gasteiger partial charge in [-0.05, 0) is 23.1 Å². The average Bonchev–Trinajstić information content (AvgIpc) is 2.15. The molecule has 0 N–H and O–H groups in total. The van der Waals surface area contributed by atoms with Crippen LogP contribution in [0.25, 0.3) is 0 Å². The quantitative estimate of drug-likeness (QED) is 0.709. The summed E-state index contributed by atoms with van der Waals surface area (Å²) in [6.45, 7) is 6.52. The summed E-state index contributed by atoms with van der Waals surface area (Å²) in [4.78, 5) is 0.239. The normalized spacial score (nSPS) is 13.7. The Bertz CT molecular complexity index is 344. The number of ether oxygens (including phenoxy) is 1. The fraction of sp³-hybridized carbons (Fsp3) is 0.500. The number of hydrogen-bond donors (Lipinski definition) is 0. The maximum atomic E-state index is 6.20. The number of benzene rings is 1. The van der Waals surface area contributed by atoms with Crippen molar-refractivity contribution in [2.45, 2.75) is 25.6 Å². The molecule has 15 heavy (non-hydrogen) atoms. The van der Waals surface area contributed by atoms with Gasteiger partial charge in [0.05, 0.1) is 7.11 Å². The van der Waals surface area contributed by atoms with E-state index in [-0.39, 0.29) is 10.2 Å². The maximum absolute atomic E-state index is 6.20. The topological polar surface area (TPSA) is 9.23 Å². The van der Waals surface area contributed by atoms with Gasteiger partial charge in [0, 0.05) is 9.85 Å². The van der Waals surface area contributed by atoms with E-state index in [4.69, 9.17) is 16.3 Å². The molecule has 0 saturated carbocycles. The first-order valence-corrected chi connectivity index (χ1v) is 6.13. The van der Waals surface area contributed by atoms with Gasteiger partial charge in [0.2, 0.25) is 0 Å². The molecule has 0 amide bonds. The summed E-state index contributed by atoms with van der Waals surface area (Å²) in [6, 6.07) is 5.78. The van der Waals surface area contributed by atoms with Crippen LogP contribution in [0, 0.1) is 5.41 Å². The van der Waals surface area contributed by atoms with Gasteiger partial charge in [0.25, 0.3) is 0 Å². The van der Waals surface area contributed by atoms with Crippen LogP contribution in [0.2, 0.25) is 5.02 Å². The van der Waals surface area contributed by atoms with Crippen molar-refractivity contribution < 1.29 is 4.74 Å². The van der Waals surface area contributed by atoms with E-state index in [1.54, 1.807) is 7.11 Å². The molecule has 1 rings (SSSR count). The smallest absolute Gasteiger partial charge is 0.120 e. The molecule has 0 radical (unpaired) electrons. The summed E-state index contributed by atoms with van der Waals surface area (Å²) in [5.41, 5.74) is 1.24. The predicted molar refractivity (Wildman–Crippen MR) is 69.1 cm³/mol. The molecule has 0 aliphatic carbocycles. The van der Waals surface area contributed by atoms with Crippen LogP contribution in [0.5, 0.6) is 5.75 Å². The van der Waals surface area contributed by atoms with Gasteiger partial charge in [0.15, 0.2) is 0 Å². The van der Waals surface area contributed by atoms with E-state index < -0.39 is 0 Å². The van der Waals surface area contributed by atoms with Crippen molar-refractivity contribution in [3.63, 3.8) is 0 Å². The van der Waals surface area contributed by atoms with Crippen LogP contribution in [-0.2, 0) is 0 Å². The lowest BCUT2D eigenvalue weighted by atomic mass is 9.88. The van der Waals surface area contributed by atoms with Crippen LogP contribution in [-0.4, -0.2) is 7.11 Å². The molecular formula is C12H16BrClO. The van der Waals surface area contributed by atoms with E-state index >= 15 is 0 Å². The molecule has 0 aliphatic heterocycles. The average molecular weight is 292 g/mol. The van der Waals surface area contributed by atoms with E-state index in [0.29, 0.717) is 0 Å². The van der Waals surface area contributed by atoms with Gasteiger partial charge < -0.3 is 4.74 Å². The SMILES string of the molecule is COc1ccc(C(Br)C(C)(C)C)c(Cl)c1. The summed E-state index contributed by atoms with van der Waals surface area (Å²) >= 11 is 9.88. The molecule has 1 nitrogen and oxygen atoms in total. The van der Waals surface area contributed by atoms with Gasteiger partial charge in [-0.15, -0.1) is 0 Å². The zero-order valence-corrected chi connectivity index (χ0v) is 11.8. The second-order valence-corrected chi connectivity index (χ2v) is 5.94. The standard InChI is InChI=1S/C12H16BrClO/c1-12(2,3)11(13)9-6-5-8(15-4)7-10(9)14/h5-7,11H,1-4H3. The Hall–Kier alpha value is -0.210. The van der Waals surface area contributed by atoms with Crippen LogP contribution in [0.3, 0.4) is 0 Å². The third kappa shape index (κ3) is 3.12. The highest BCUT2D eigenvalue weighted by Gasteiger charge is 2.25.